The number of aliphatic hydroxyl groups excluding tert-OH is 1. The lowest BCUT2D eigenvalue weighted by Crippen LogP contribution is -2.40. The Morgan fingerprint density at radius 2 is 1.32 bits per heavy atom. The minimum Gasteiger partial charge on any atom is -0.462 e. The zero-order chi connectivity index (χ0) is 25.1. The Morgan fingerprint density at radius 1 is 0.853 bits per heavy atom. The lowest BCUT2D eigenvalue weighted by molar-refractivity contribution is -0.153. The fourth-order valence-electron chi connectivity index (χ4n) is 5.37. The van der Waals surface area contributed by atoms with Crippen LogP contribution in [0.2, 0.25) is 0 Å². The maximum atomic E-state index is 11.8. The number of esters is 2. The average molecular weight is 483 g/mol. The minimum absolute atomic E-state index is 0.0422. The van der Waals surface area contributed by atoms with Gasteiger partial charge in [0.25, 0.3) is 0 Å². The van der Waals surface area contributed by atoms with Crippen molar-refractivity contribution in [2.45, 2.75) is 136 Å². The fourth-order valence-corrected chi connectivity index (χ4v) is 5.37. The van der Waals surface area contributed by atoms with Crippen molar-refractivity contribution >= 4 is 11.9 Å². The number of piperidine rings is 2. The second-order valence-electron chi connectivity index (χ2n) is 11.5. The maximum absolute atomic E-state index is 11.8. The number of carbonyl (C=O) groups excluding carboxylic acids is 2. The molecule has 3 N–H and O–H groups in total. The van der Waals surface area contributed by atoms with E-state index in [1.54, 1.807) is 0 Å². The van der Waals surface area contributed by atoms with E-state index in [-0.39, 0.29) is 35.7 Å². The van der Waals surface area contributed by atoms with Crippen molar-refractivity contribution in [2.75, 3.05) is 13.1 Å². The molecule has 0 aromatic heterocycles. The fraction of sp³-hybridized carbons (Fsp3) is 0.926. The van der Waals surface area contributed by atoms with Gasteiger partial charge in [-0.15, -0.1) is 0 Å². The lowest BCUT2D eigenvalue weighted by atomic mass is 9.70. The molecular weight excluding hydrogens is 432 g/mol. The van der Waals surface area contributed by atoms with Crippen LogP contribution in [-0.2, 0) is 19.1 Å². The third-order valence-corrected chi connectivity index (χ3v) is 7.58. The average Bonchev–Trinajstić information content (AvgIpc) is 2.75. The van der Waals surface area contributed by atoms with Crippen LogP contribution in [0.4, 0.5) is 0 Å². The molecule has 0 aromatic carbocycles. The molecule has 0 bridgehead atoms. The van der Waals surface area contributed by atoms with Crippen LogP contribution in [0.1, 0.15) is 105 Å². The predicted molar refractivity (Wildman–Crippen MR) is 134 cm³/mol. The molecule has 6 atom stereocenters. The van der Waals surface area contributed by atoms with Gasteiger partial charge in [-0.05, 0) is 89.6 Å². The highest BCUT2D eigenvalue weighted by Gasteiger charge is 2.35. The van der Waals surface area contributed by atoms with E-state index >= 15 is 0 Å². The van der Waals surface area contributed by atoms with E-state index < -0.39 is 0 Å². The van der Waals surface area contributed by atoms with Crippen LogP contribution in [0.3, 0.4) is 0 Å². The van der Waals surface area contributed by atoms with E-state index in [0.29, 0.717) is 43.7 Å². The number of hydrogen-bond donors (Lipinski definition) is 3. The van der Waals surface area contributed by atoms with Crippen molar-refractivity contribution in [1.82, 2.24) is 10.6 Å². The van der Waals surface area contributed by atoms with Gasteiger partial charge in [0.1, 0.15) is 12.2 Å². The Labute approximate surface area is 207 Å². The molecule has 3 fully saturated rings. The van der Waals surface area contributed by atoms with Crippen LogP contribution in [0.25, 0.3) is 0 Å². The van der Waals surface area contributed by atoms with Crippen LogP contribution in [0, 0.1) is 11.3 Å². The molecule has 0 spiro atoms. The molecule has 1 saturated carbocycles. The van der Waals surface area contributed by atoms with E-state index in [9.17, 15) is 14.7 Å². The first-order valence-corrected chi connectivity index (χ1v) is 13.6. The lowest BCUT2D eigenvalue weighted by Gasteiger charge is -2.39. The number of unbranched alkanes of at least 4 members (excludes halogenated alkanes) is 1. The number of carbonyl (C=O) groups is 2. The molecule has 6 unspecified atom stereocenters. The highest BCUT2D eigenvalue weighted by Crippen LogP contribution is 2.38. The first-order valence-electron chi connectivity index (χ1n) is 13.6. The summed E-state index contributed by atoms with van der Waals surface area (Å²) in [6.07, 6.45) is 9.32. The summed E-state index contributed by atoms with van der Waals surface area (Å²) in [6, 6.07) is 0.813. The van der Waals surface area contributed by atoms with Gasteiger partial charge in [0.2, 0.25) is 0 Å². The van der Waals surface area contributed by atoms with E-state index in [4.69, 9.17) is 9.47 Å². The molecule has 198 valence electrons. The van der Waals surface area contributed by atoms with Gasteiger partial charge in [-0.2, -0.15) is 0 Å². The third kappa shape index (κ3) is 10.6. The summed E-state index contributed by atoms with van der Waals surface area (Å²) in [5.74, 6) is 0.216. The summed E-state index contributed by atoms with van der Waals surface area (Å²) in [5, 5.41) is 16.4. The summed E-state index contributed by atoms with van der Waals surface area (Å²) in [4.78, 5) is 23.7. The highest BCUT2D eigenvalue weighted by molar-refractivity contribution is 5.70. The Morgan fingerprint density at radius 3 is 1.71 bits per heavy atom. The number of rotatable bonds is 7. The van der Waals surface area contributed by atoms with Crippen LogP contribution < -0.4 is 10.6 Å². The van der Waals surface area contributed by atoms with Crippen molar-refractivity contribution in [3.63, 3.8) is 0 Å². The summed E-state index contributed by atoms with van der Waals surface area (Å²) >= 11 is 0. The van der Waals surface area contributed by atoms with E-state index in [0.717, 1.165) is 38.8 Å². The number of aliphatic hydroxyl groups is 1. The summed E-state index contributed by atoms with van der Waals surface area (Å²) in [6.45, 7) is 12.5. The molecule has 0 radical (unpaired) electrons. The van der Waals surface area contributed by atoms with Crippen LogP contribution >= 0.6 is 0 Å². The molecule has 3 rings (SSSR count). The minimum atomic E-state index is -0.144. The Bertz CT molecular complexity index is 588. The summed E-state index contributed by atoms with van der Waals surface area (Å²) in [5.41, 5.74) is 0.164. The highest BCUT2D eigenvalue weighted by atomic mass is 16.5. The van der Waals surface area contributed by atoms with Crippen molar-refractivity contribution in [2.24, 2.45) is 11.3 Å². The van der Waals surface area contributed by atoms with Gasteiger partial charge >= 0.3 is 11.9 Å². The molecule has 7 nitrogen and oxygen atoms in total. The van der Waals surface area contributed by atoms with E-state index in [2.05, 4.69) is 45.3 Å². The van der Waals surface area contributed by atoms with Gasteiger partial charge in [0.05, 0.1) is 6.10 Å². The van der Waals surface area contributed by atoms with Gasteiger partial charge in [-0.1, -0.05) is 27.2 Å². The number of nitrogens with one attached hydrogen (secondary N) is 2. The zero-order valence-electron chi connectivity index (χ0n) is 22.2. The first kappa shape index (κ1) is 29.1. The largest absolute Gasteiger partial charge is 0.462 e. The first-order chi connectivity index (χ1) is 16.1. The van der Waals surface area contributed by atoms with Crippen molar-refractivity contribution in [3.05, 3.63) is 0 Å². The molecule has 34 heavy (non-hydrogen) atoms. The van der Waals surface area contributed by atoms with Crippen LogP contribution in [-0.4, -0.2) is 60.5 Å². The van der Waals surface area contributed by atoms with Gasteiger partial charge in [-0.3, -0.25) is 9.59 Å². The summed E-state index contributed by atoms with van der Waals surface area (Å²) in [7, 11) is 0. The van der Waals surface area contributed by atoms with Gasteiger partial charge < -0.3 is 25.2 Å². The van der Waals surface area contributed by atoms with E-state index in [1.807, 2.05) is 0 Å². The molecule has 0 amide bonds. The van der Waals surface area contributed by atoms with Crippen LogP contribution in [0.15, 0.2) is 0 Å². The second-order valence-corrected chi connectivity index (χ2v) is 11.5. The molecular formula is C27H50N2O5. The maximum Gasteiger partial charge on any atom is 0.306 e. The molecule has 2 saturated heterocycles. The second kappa shape index (κ2) is 14.4. The van der Waals surface area contributed by atoms with Gasteiger partial charge in [-0.25, -0.2) is 0 Å². The number of hydrogen-bond acceptors (Lipinski definition) is 7. The SMILES string of the molecule is CC1CC(OC(=O)CCCCC(=O)OC2CCNC(C)C2)CCN1.CC1CCCC(C)(C)C1O. The molecule has 1 aliphatic carbocycles. The normalized spacial score (nSPS) is 33.2. The van der Waals surface area contributed by atoms with E-state index in [1.165, 1.54) is 19.3 Å². The van der Waals surface area contributed by atoms with Gasteiger partial charge in [0, 0.05) is 24.9 Å². The Kier molecular flexibility index (Phi) is 12.3. The number of ether oxygens (including phenoxy) is 2. The monoisotopic (exact) mass is 482 g/mol. The Hall–Kier alpha value is -1.18. The quantitative estimate of drug-likeness (QED) is 0.371. The third-order valence-electron chi connectivity index (χ3n) is 7.58. The van der Waals surface area contributed by atoms with Crippen molar-refractivity contribution in [3.8, 4) is 0 Å². The summed E-state index contributed by atoms with van der Waals surface area (Å²) < 4.78 is 11.0. The smallest absolute Gasteiger partial charge is 0.306 e. The van der Waals surface area contributed by atoms with Gasteiger partial charge in [0.15, 0.2) is 0 Å². The Balaban J connectivity index is 0.000000340. The van der Waals surface area contributed by atoms with Crippen molar-refractivity contribution < 1.29 is 24.2 Å². The molecule has 2 heterocycles. The molecule has 3 aliphatic rings. The topological polar surface area (TPSA) is 96.9 Å². The standard InChI is InChI=1S/C18H32N2O4.C9H18O/c1-13-11-15(7-9-19-13)23-17(21)5-3-4-6-18(22)24-16-8-10-20-14(2)12-16;1-7-5-4-6-9(2,3)8(7)10/h13-16,19-20H,3-12H2,1-2H3;7-8,10H,4-6H2,1-3H3. The molecule has 2 aliphatic heterocycles. The zero-order valence-corrected chi connectivity index (χ0v) is 22.2. The predicted octanol–water partition coefficient (Wildman–Crippen LogP) is 4.11. The molecule has 0 aromatic rings. The molecule has 7 heteroatoms. The van der Waals surface area contributed by atoms with Crippen molar-refractivity contribution in [1.29, 1.82) is 0 Å². The van der Waals surface area contributed by atoms with Crippen LogP contribution in [0.5, 0.6) is 0 Å².